The normalized spacial score (nSPS) is 12.7. The molecule has 0 aliphatic heterocycles. The highest BCUT2D eigenvalue weighted by Gasteiger charge is 2.23. The van der Waals surface area contributed by atoms with E-state index in [-0.39, 0.29) is 0 Å². The number of aromatic nitrogens is 5. The molecule has 0 bridgehead atoms. The Bertz CT molecular complexity index is 997. The van der Waals surface area contributed by atoms with Gasteiger partial charge in [0.2, 0.25) is 0 Å². The molecule has 1 unspecified atom stereocenters. The van der Waals surface area contributed by atoms with Crippen LogP contribution in [-0.2, 0) is 0 Å². The highest BCUT2D eigenvalue weighted by atomic mass is 79.9. The van der Waals surface area contributed by atoms with Gasteiger partial charge in [0.25, 0.3) is 0 Å². The first-order valence-corrected chi connectivity index (χ1v) is 11.9. The van der Waals surface area contributed by atoms with E-state index in [1.165, 1.54) is 18.4 Å². The van der Waals surface area contributed by atoms with E-state index < -0.39 is 0 Å². The molecular weight excluding hydrogens is 440 g/mol. The molecule has 0 aliphatic rings. The van der Waals surface area contributed by atoms with Crippen molar-refractivity contribution in [2.24, 2.45) is 0 Å². The van der Waals surface area contributed by atoms with Crippen LogP contribution in [0.4, 0.5) is 11.5 Å². The Labute approximate surface area is 188 Å². The van der Waals surface area contributed by atoms with E-state index >= 15 is 0 Å². The SMILES string of the molecule is CCCCC(CC)n1nnc2c(N(CC)c3ccc(C(C)C)cc3Br)nc(C)nc21. The van der Waals surface area contributed by atoms with Gasteiger partial charge in [-0.15, -0.1) is 5.10 Å². The van der Waals surface area contributed by atoms with Gasteiger partial charge in [0.05, 0.1) is 11.7 Å². The lowest BCUT2D eigenvalue weighted by Gasteiger charge is -2.24. The molecule has 0 N–H and O–H groups in total. The first kappa shape index (κ1) is 22.7. The largest absolute Gasteiger partial charge is 0.324 e. The monoisotopic (exact) mass is 472 g/mol. The van der Waals surface area contributed by atoms with Crippen molar-refractivity contribution in [3.63, 3.8) is 0 Å². The van der Waals surface area contributed by atoms with Gasteiger partial charge in [0.1, 0.15) is 5.82 Å². The first-order chi connectivity index (χ1) is 14.4. The quantitative estimate of drug-likeness (QED) is 0.346. The molecule has 0 saturated carbocycles. The topological polar surface area (TPSA) is 59.7 Å². The van der Waals surface area contributed by atoms with Crippen LogP contribution in [0, 0.1) is 6.92 Å². The van der Waals surface area contributed by atoms with Crippen molar-refractivity contribution < 1.29 is 0 Å². The van der Waals surface area contributed by atoms with Crippen LogP contribution in [0.5, 0.6) is 0 Å². The lowest BCUT2D eigenvalue weighted by atomic mass is 10.0. The molecule has 1 aromatic carbocycles. The fourth-order valence-electron chi connectivity index (χ4n) is 3.83. The second-order valence-electron chi connectivity index (χ2n) is 8.11. The van der Waals surface area contributed by atoms with Crippen molar-refractivity contribution in [3.8, 4) is 0 Å². The lowest BCUT2D eigenvalue weighted by Crippen LogP contribution is -2.19. The highest BCUT2D eigenvalue weighted by Crippen LogP contribution is 2.36. The molecule has 1 atom stereocenters. The van der Waals surface area contributed by atoms with E-state index in [4.69, 9.17) is 9.97 Å². The second-order valence-corrected chi connectivity index (χ2v) is 8.97. The number of hydrogen-bond acceptors (Lipinski definition) is 5. The summed E-state index contributed by atoms with van der Waals surface area (Å²) in [4.78, 5) is 11.7. The van der Waals surface area contributed by atoms with Crippen LogP contribution in [0.25, 0.3) is 11.2 Å². The zero-order valence-corrected chi connectivity index (χ0v) is 20.6. The van der Waals surface area contributed by atoms with Gasteiger partial charge in [-0.1, -0.05) is 51.8 Å². The van der Waals surface area contributed by atoms with Crippen LogP contribution in [0.2, 0.25) is 0 Å². The first-order valence-electron chi connectivity index (χ1n) is 11.1. The van der Waals surface area contributed by atoms with E-state index in [1.54, 1.807) is 0 Å². The Morgan fingerprint density at radius 1 is 1.13 bits per heavy atom. The molecule has 0 aliphatic carbocycles. The van der Waals surface area contributed by atoms with E-state index in [0.717, 1.165) is 52.4 Å². The zero-order chi connectivity index (χ0) is 21.8. The summed E-state index contributed by atoms with van der Waals surface area (Å²) in [6, 6.07) is 6.85. The van der Waals surface area contributed by atoms with Gasteiger partial charge >= 0.3 is 0 Å². The van der Waals surface area contributed by atoms with Crippen molar-refractivity contribution >= 4 is 38.6 Å². The van der Waals surface area contributed by atoms with Gasteiger partial charge in [-0.05, 0) is 66.2 Å². The number of unbranched alkanes of at least 4 members (excludes halogenated alkanes) is 1. The molecule has 0 fully saturated rings. The average molecular weight is 473 g/mol. The summed E-state index contributed by atoms with van der Waals surface area (Å²) in [5.74, 6) is 2.03. The Kier molecular flexibility index (Phi) is 7.45. The molecule has 0 radical (unpaired) electrons. The minimum atomic E-state index is 0.309. The molecule has 0 spiro atoms. The maximum Gasteiger partial charge on any atom is 0.184 e. The molecule has 6 nitrogen and oxygen atoms in total. The molecule has 0 amide bonds. The van der Waals surface area contributed by atoms with Crippen LogP contribution in [0.3, 0.4) is 0 Å². The fourth-order valence-corrected chi connectivity index (χ4v) is 4.44. The Hall–Kier alpha value is -2.02. The van der Waals surface area contributed by atoms with Crippen LogP contribution >= 0.6 is 15.9 Å². The zero-order valence-electron chi connectivity index (χ0n) is 19.0. The summed E-state index contributed by atoms with van der Waals surface area (Å²) >= 11 is 3.78. The van der Waals surface area contributed by atoms with Gasteiger partial charge in [-0.2, -0.15) is 0 Å². The number of anilines is 2. The smallest absolute Gasteiger partial charge is 0.184 e. The van der Waals surface area contributed by atoms with Gasteiger partial charge in [0, 0.05) is 11.0 Å². The Balaban J connectivity index is 2.10. The Morgan fingerprint density at radius 2 is 1.90 bits per heavy atom. The number of rotatable bonds is 9. The third-order valence-electron chi connectivity index (χ3n) is 5.63. The predicted octanol–water partition coefficient (Wildman–Crippen LogP) is 6.71. The average Bonchev–Trinajstić information content (AvgIpc) is 3.13. The van der Waals surface area contributed by atoms with Gasteiger partial charge < -0.3 is 4.90 Å². The number of hydrogen-bond donors (Lipinski definition) is 0. The van der Waals surface area contributed by atoms with E-state index in [0.29, 0.717) is 12.0 Å². The van der Waals surface area contributed by atoms with Gasteiger partial charge in [0.15, 0.2) is 17.0 Å². The summed E-state index contributed by atoms with van der Waals surface area (Å²) in [5, 5.41) is 9.05. The summed E-state index contributed by atoms with van der Waals surface area (Å²) in [5.41, 5.74) is 3.97. The molecule has 7 heteroatoms. The summed E-state index contributed by atoms with van der Waals surface area (Å²) in [7, 11) is 0. The van der Waals surface area contributed by atoms with E-state index in [2.05, 4.69) is 84.0 Å². The summed E-state index contributed by atoms with van der Waals surface area (Å²) in [6.45, 7) is 13.7. The van der Waals surface area contributed by atoms with Crippen molar-refractivity contribution in [1.82, 2.24) is 25.0 Å². The predicted molar refractivity (Wildman–Crippen MR) is 128 cm³/mol. The molecule has 0 saturated heterocycles. The number of aryl methyl sites for hydroxylation is 1. The molecule has 2 aromatic heterocycles. The summed E-state index contributed by atoms with van der Waals surface area (Å²) < 4.78 is 3.07. The minimum Gasteiger partial charge on any atom is -0.324 e. The maximum atomic E-state index is 4.79. The number of fused-ring (bicyclic) bond motifs is 1. The molecule has 162 valence electrons. The van der Waals surface area contributed by atoms with Crippen LogP contribution < -0.4 is 4.90 Å². The van der Waals surface area contributed by atoms with E-state index in [1.807, 2.05) is 11.6 Å². The molecule has 2 heterocycles. The standard InChI is InChI=1S/C23H33BrN6/c1-7-10-11-18(8-2)30-23-21(27-28-30)22(25-16(6)26-23)29(9-3)20-13-12-17(15(4)5)14-19(20)24/h12-15,18H,7-11H2,1-6H3. The highest BCUT2D eigenvalue weighted by molar-refractivity contribution is 9.10. The lowest BCUT2D eigenvalue weighted by molar-refractivity contribution is 0.400. The number of nitrogens with zero attached hydrogens (tertiary/aromatic N) is 6. The van der Waals surface area contributed by atoms with Crippen LogP contribution in [0.1, 0.15) is 83.6 Å². The minimum absolute atomic E-state index is 0.309. The van der Waals surface area contributed by atoms with Crippen molar-refractivity contribution in [2.45, 2.75) is 79.2 Å². The van der Waals surface area contributed by atoms with Crippen molar-refractivity contribution in [2.75, 3.05) is 11.4 Å². The fraction of sp³-hybridized carbons (Fsp3) is 0.565. The molecular formula is C23H33BrN6. The van der Waals surface area contributed by atoms with Crippen LogP contribution in [-0.4, -0.2) is 31.5 Å². The van der Waals surface area contributed by atoms with Crippen LogP contribution in [0.15, 0.2) is 22.7 Å². The van der Waals surface area contributed by atoms with Gasteiger partial charge in [-0.25, -0.2) is 14.6 Å². The van der Waals surface area contributed by atoms with Crippen molar-refractivity contribution in [1.29, 1.82) is 0 Å². The summed E-state index contributed by atoms with van der Waals surface area (Å²) in [6.07, 6.45) is 4.44. The van der Waals surface area contributed by atoms with Gasteiger partial charge in [-0.3, -0.25) is 0 Å². The Morgan fingerprint density at radius 3 is 2.50 bits per heavy atom. The van der Waals surface area contributed by atoms with E-state index in [9.17, 15) is 0 Å². The third-order valence-corrected chi connectivity index (χ3v) is 6.26. The molecule has 3 rings (SSSR count). The molecule has 3 aromatic rings. The maximum absolute atomic E-state index is 4.79. The number of halogens is 1. The second kappa shape index (κ2) is 9.86. The third kappa shape index (κ3) is 4.51. The number of benzene rings is 1. The van der Waals surface area contributed by atoms with Crippen molar-refractivity contribution in [3.05, 3.63) is 34.1 Å². The molecule has 30 heavy (non-hydrogen) atoms.